The molecular weight excluding hydrogens is 364 g/mol. The molecule has 1 saturated heterocycles. The molecule has 1 N–H and O–H groups in total. The molecular formula is C23H22N4O2. The Morgan fingerprint density at radius 1 is 1.07 bits per heavy atom. The minimum atomic E-state index is -0.172. The normalized spacial score (nSPS) is 14.2. The van der Waals surface area contributed by atoms with E-state index in [0.29, 0.717) is 19.6 Å². The highest BCUT2D eigenvalue weighted by Gasteiger charge is 2.19. The van der Waals surface area contributed by atoms with Crippen molar-refractivity contribution < 1.29 is 9.59 Å². The molecule has 6 nitrogen and oxygen atoms in total. The van der Waals surface area contributed by atoms with E-state index in [9.17, 15) is 9.59 Å². The monoisotopic (exact) mass is 386 g/mol. The second-order valence-corrected chi connectivity index (χ2v) is 6.93. The number of carbonyl (C=O) groups is 2. The summed E-state index contributed by atoms with van der Waals surface area (Å²) < 4.78 is 1.89. The number of aromatic nitrogens is 2. The predicted octanol–water partition coefficient (Wildman–Crippen LogP) is 2.57. The van der Waals surface area contributed by atoms with Crippen molar-refractivity contribution in [2.75, 3.05) is 19.6 Å². The van der Waals surface area contributed by atoms with Crippen LogP contribution in [0.4, 0.5) is 0 Å². The van der Waals surface area contributed by atoms with Crippen molar-refractivity contribution in [3.05, 3.63) is 84.1 Å². The summed E-state index contributed by atoms with van der Waals surface area (Å²) in [6.45, 7) is 1.76. The molecule has 1 fully saturated rings. The van der Waals surface area contributed by atoms with E-state index in [2.05, 4.69) is 17.4 Å². The Bertz CT molecular complexity index is 1030. The van der Waals surface area contributed by atoms with Crippen LogP contribution in [-0.4, -0.2) is 46.1 Å². The Balaban J connectivity index is 1.60. The van der Waals surface area contributed by atoms with Crippen LogP contribution in [0.15, 0.2) is 72.9 Å². The third-order valence-corrected chi connectivity index (χ3v) is 4.78. The summed E-state index contributed by atoms with van der Waals surface area (Å²) in [5, 5.41) is 7.48. The van der Waals surface area contributed by atoms with Gasteiger partial charge in [0.2, 0.25) is 11.8 Å². The zero-order valence-corrected chi connectivity index (χ0v) is 16.0. The van der Waals surface area contributed by atoms with Crippen LogP contribution >= 0.6 is 0 Å². The Labute approximate surface area is 169 Å². The first kappa shape index (κ1) is 18.7. The molecule has 2 heterocycles. The van der Waals surface area contributed by atoms with E-state index >= 15 is 0 Å². The molecule has 0 aliphatic carbocycles. The van der Waals surface area contributed by atoms with Crippen molar-refractivity contribution in [1.82, 2.24) is 20.0 Å². The number of piperazine rings is 1. The van der Waals surface area contributed by atoms with Crippen molar-refractivity contribution in [3.63, 3.8) is 0 Å². The molecule has 0 spiro atoms. The van der Waals surface area contributed by atoms with E-state index in [1.165, 1.54) is 6.08 Å². The van der Waals surface area contributed by atoms with Crippen molar-refractivity contribution in [2.24, 2.45) is 0 Å². The molecule has 0 bridgehead atoms. The number of nitrogens with one attached hydrogen (secondary N) is 1. The maximum Gasteiger partial charge on any atom is 0.247 e. The Morgan fingerprint density at radius 3 is 2.52 bits per heavy atom. The van der Waals surface area contributed by atoms with Crippen LogP contribution in [0.25, 0.3) is 17.3 Å². The number of amides is 2. The van der Waals surface area contributed by atoms with Crippen LogP contribution in [-0.2, 0) is 16.1 Å². The third kappa shape index (κ3) is 4.60. The summed E-state index contributed by atoms with van der Waals surface area (Å²) in [5.41, 5.74) is 3.83. The van der Waals surface area contributed by atoms with Gasteiger partial charge in [0.05, 0.1) is 18.8 Å². The van der Waals surface area contributed by atoms with Gasteiger partial charge in [-0.2, -0.15) is 5.10 Å². The second-order valence-electron chi connectivity index (χ2n) is 6.93. The molecule has 2 amide bonds. The number of hydrogen-bond acceptors (Lipinski definition) is 3. The number of rotatable bonds is 5. The van der Waals surface area contributed by atoms with Gasteiger partial charge in [0.25, 0.3) is 0 Å². The van der Waals surface area contributed by atoms with Gasteiger partial charge in [-0.05, 0) is 11.6 Å². The number of hydrogen-bond donors (Lipinski definition) is 1. The highest BCUT2D eigenvalue weighted by molar-refractivity contribution is 5.95. The fourth-order valence-corrected chi connectivity index (χ4v) is 3.32. The zero-order chi connectivity index (χ0) is 20.1. The molecule has 29 heavy (non-hydrogen) atoms. The maximum atomic E-state index is 12.5. The number of carbonyl (C=O) groups excluding carboxylic acids is 2. The van der Waals surface area contributed by atoms with Gasteiger partial charge < -0.3 is 10.2 Å². The highest BCUT2D eigenvalue weighted by Crippen LogP contribution is 2.23. The van der Waals surface area contributed by atoms with Gasteiger partial charge in [0.15, 0.2) is 0 Å². The van der Waals surface area contributed by atoms with Crippen molar-refractivity contribution in [3.8, 4) is 11.3 Å². The van der Waals surface area contributed by atoms with E-state index in [0.717, 1.165) is 22.4 Å². The largest absolute Gasteiger partial charge is 0.353 e. The Kier molecular flexibility index (Phi) is 5.52. The molecule has 3 aromatic rings. The molecule has 1 aromatic heterocycles. The molecule has 2 aromatic carbocycles. The van der Waals surface area contributed by atoms with E-state index in [4.69, 9.17) is 5.10 Å². The summed E-state index contributed by atoms with van der Waals surface area (Å²) in [7, 11) is 0. The molecule has 0 radical (unpaired) electrons. The standard InChI is InChI=1S/C23H22N4O2/c28-21-17-26(14-13-24-21)22(29)12-11-20-16-27(15-18-7-3-1-4-8-18)25-23(20)19-9-5-2-6-10-19/h1-12,16H,13-15,17H2,(H,24,28)/b12-11+. The first-order chi connectivity index (χ1) is 14.2. The van der Waals surface area contributed by atoms with Crippen molar-refractivity contribution >= 4 is 17.9 Å². The lowest BCUT2D eigenvalue weighted by Gasteiger charge is -2.25. The van der Waals surface area contributed by atoms with Gasteiger partial charge in [-0.3, -0.25) is 14.3 Å². The molecule has 4 rings (SSSR count). The van der Waals surface area contributed by atoms with Crippen LogP contribution in [0.1, 0.15) is 11.1 Å². The van der Waals surface area contributed by atoms with Crippen molar-refractivity contribution in [1.29, 1.82) is 0 Å². The van der Waals surface area contributed by atoms with Crippen LogP contribution in [0.3, 0.4) is 0 Å². The van der Waals surface area contributed by atoms with Gasteiger partial charge in [0.1, 0.15) is 0 Å². The molecule has 0 saturated carbocycles. The Hall–Kier alpha value is -3.67. The van der Waals surface area contributed by atoms with Gasteiger partial charge in [-0.25, -0.2) is 0 Å². The summed E-state index contributed by atoms with van der Waals surface area (Å²) in [6, 6.07) is 20.0. The summed E-state index contributed by atoms with van der Waals surface area (Å²) in [6.07, 6.45) is 5.25. The van der Waals surface area contributed by atoms with E-state index < -0.39 is 0 Å². The third-order valence-electron chi connectivity index (χ3n) is 4.78. The van der Waals surface area contributed by atoms with E-state index in [-0.39, 0.29) is 18.4 Å². The minimum Gasteiger partial charge on any atom is -0.353 e. The number of nitrogens with zero attached hydrogens (tertiary/aromatic N) is 3. The van der Waals surface area contributed by atoms with E-state index in [1.807, 2.05) is 59.4 Å². The summed E-state index contributed by atoms with van der Waals surface area (Å²) in [4.78, 5) is 25.6. The topological polar surface area (TPSA) is 67.2 Å². The van der Waals surface area contributed by atoms with Crippen LogP contribution in [0.2, 0.25) is 0 Å². The van der Waals surface area contributed by atoms with E-state index in [1.54, 1.807) is 11.0 Å². The first-order valence-electron chi connectivity index (χ1n) is 9.59. The molecule has 1 aliphatic heterocycles. The Morgan fingerprint density at radius 2 is 1.79 bits per heavy atom. The van der Waals surface area contributed by atoms with Crippen LogP contribution in [0, 0.1) is 0 Å². The van der Waals surface area contributed by atoms with Gasteiger partial charge >= 0.3 is 0 Å². The molecule has 0 atom stereocenters. The average Bonchev–Trinajstić information content (AvgIpc) is 3.16. The fraction of sp³-hybridized carbons (Fsp3) is 0.174. The lowest BCUT2D eigenvalue weighted by Crippen LogP contribution is -2.49. The van der Waals surface area contributed by atoms with Gasteiger partial charge in [-0.1, -0.05) is 60.7 Å². The quantitative estimate of drug-likeness (QED) is 0.686. The lowest BCUT2D eigenvalue weighted by atomic mass is 10.1. The SMILES string of the molecule is O=C1CN(C(=O)/C=C/c2cn(Cc3ccccc3)nc2-c2ccccc2)CCN1. The number of benzene rings is 2. The molecule has 6 heteroatoms. The van der Waals surface area contributed by atoms with Gasteiger partial charge in [0, 0.05) is 36.5 Å². The fourth-order valence-electron chi connectivity index (χ4n) is 3.32. The predicted molar refractivity (Wildman–Crippen MR) is 112 cm³/mol. The molecule has 146 valence electrons. The smallest absolute Gasteiger partial charge is 0.247 e. The van der Waals surface area contributed by atoms with Crippen molar-refractivity contribution in [2.45, 2.75) is 6.54 Å². The summed E-state index contributed by atoms with van der Waals surface area (Å²) >= 11 is 0. The maximum absolute atomic E-state index is 12.5. The zero-order valence-electron chi connectivity index (χ0n) is 16.0. The molecule has 1 aliphatic rings. The van der Waals surface area contributed by atoms with Gasteiger partial charge in [-0.15, -0.1) is 0 Å². The molecule has 0 unspecified atom stereocenters. The lowest BCUT2D eigenvalue weighted by molar-refractivity contribution is -0.134. The minimum absolute atomic E-state index is 0.0992. The van der Waals surface area contributed by atoms with Crippen LogP contribution < -0.4 is 5.32 Å². The first-order valence-corrected chi connectivity index (χ1v) is 9.59. The van der Waals surface area contributed by atoms with Crippen LogP contribution in [0.5, 0.6) is 0 Å². The second kappa shape index (κ2) is 8.56. The average molecular weight is 386 g/mol. The highest BCUT2D eigenvalue weighted by atomic mass is 16.2. The summed E-state index contributed by atoms with van der Waals surface area (Å²) in [5.74, 6) is -0.298.